The van der Waals surface area contributed by atoms with Crippen LogP contribution in [0.1, 0.15) is 11.6 Å². The Morgan fingerprint density at radius 2 is 1.65 bits per heavy atom. The molecule has 1 aromatic carbocycles. The number of hydrogen-bond acceptors (Lipinski definition) is 5. The fourth-order valence-corrected chi connectivity index (χ4v) is 1.44. The van der Waals surface area contributed by atoms with Gasteiger partial charge in [0.25, 0.3) is 0 Å². The van der Waals surface area contributed by atoms with Gasteiger partial charge in [-0.25, -0.2) is 0 Å². The van der Waals surface area contributed by atoms with Crippen LogP contribution in [-0.2, 0) is 4.79 Å². The molecule has 1 rings (SSSR count). The normalized spacial score (nSPS) is 11.8. The molecular formula is C11H15NO5. The third-order valence-corrected chi connectivity index (χ3v) is 2.37. The third-order valence-electron chi connectivity index (χ3n) is 2.37. The predicted octanol–water partition coefficient (Wildman–Crippen LogP) is -1.25. The highest BCUT2D eigenvalue weighted by atomic mass is 16.5. The Hall–Kier alpha value is -1.95. The lowest BCUT2D eigenvalue weighted by Crippen LogP contribution is -2.61. The van der Waals surface area contributed by atoms with Gasteiger partial charge in [-0.15, -0.1) is 0 Å². The first-order valence-electron chi connectivity index (χ1n) is 4.89. The van der Waals surface area contributed by atoms with E-state index in [4.69, 9.17) is 14.2 Å². The molecule has 3 N–H and O–H groups in total. The first-order valence-corrected chi connectivity index (χ1v) is 4.89. The first-order chi connectivity index (χ1) is 8.04. The maximum atomic E-state index is 10.8. The summed E-state index contributed by atoms with van der Waals surface area (Å²) < 4.78 is 15.3. The number of carbonyl (C=O) groups excluding carboxylic acids is 1. The van der Waals surface area contributed by atoms with Gasteiger partial charge in [0.05, 0.1) is 21.3 Å². The number of rotatable bonds is 5. The molecular weight excluding hydrogens is 226 g/mol. The van der Waals surface area contributed by atoms with Gasteiger partial charge in [0.15, 0.2) is 17.5 Å². The molecule has 6 heteroatoms. The van der Waals surface area contributed by atoms with Crippen LogP contribution in [0.4, 0.5) is 0 Å². The summed E-state index contributed by atoms with van der Waals surface area (Å²) in [5, 5.41) is 10.8. The molecule has 0 fully saturated rings. The minimum atomic E-state index is -1.26. The standard InChI is InChI=1S/C11H15NO5/c1-15-7-4-6(9(12)11(13)14)5-8(16-2)10(7)17-3/h4-5,9H,12H2,1-3H3,(H,13,14)/t9-/m0/s1. The van der Waals surface area contributed by atoms with Gasteiger partial charge >= 0.3 is 0 Å². The molecule has 0 aromatic heterocycles. The van der Waals surface area contributed by atoms with Crippen LogP contribution < -0.4 is 25.1 Å². The molecule has 0 aliphatic carbocycles. The Bertz CT molecular complexity index is 393. The van der Waals surface area contributed by atoms with Crippen molar-refractivity contribution in [3.05, 3.63) is 17.7 Å². The maximum absolute atomic E-state index is 10.8. The second-order valence-corrected chi connectivity index (χ2v) is 3.33. The fraction of sp³-hybridized carbons (Fsp3) is 0.364. The number of hydrogen-bond donors (Lipinski definition) is 1. The van der Waals surface area contributed by atoms with Crippen molar-refractivity contribution in [1.82, 2.24) is 0 Å². The van der Waals surface area contributed by atoms with Crippen molar-refractivity contribution in [3.63, 3.8) is 0 Å². The van der Waals surface area contributed by atoms with E-state index >= 15 is 0 Å². The molecule has 0 spiro atoms. The molecule has 0 amide bonds. The Morgan fingerprint density at radius 3 is 1.94 bits per heavy atom. The van der Waals surface area contributed by atoms with Gasteiger partial charge in [0.1, 0.15) is 5.97 Å². The average Bonchev–Trinajstić information content (AvgIpc) is 2.35. The SMILES string of the molecule is COc1cc([C@H]([NH3+])C(=O)[O-])cc(OC)c1OC. The van der Waals surface area contributed by atoms with Crippen LogP contribution in [0.15, 0.2) is 12.1 Å². The molecule has 0 bridgehead atoms. The van der Waals surface area contributed by atoms with Crippen LogP contribution in [0.5, 0.6) is 17.2 Å². The highest BCUT2D eigenvalue weighted by Gasteiger charge is 2.18. The molecule has 0 radical (unpaired) electrons. The van der Waals surface area contributed by atoms with Crippen LogP contribution in [0.2, 0.25) is 0 Å². The molecule has 0 unspecified atom stereocenters. The van der Waals surface area contributed by atoms with Crippen LogP contribution in [0.25, 0.3) is 0 Å². The van der Waals surface area contributed by atoms with Gasteiger partial charge in [-0.05, 0) is 12.1 Å². The molecule has 94 valence electrons. The van der Waals surface area contributed by atoms with Crippen molar-refractivity contribution >= 4 is 5.97 Å². The predicted molar refractivity (Wildman–Crippen MR) is 56.7 cm³/mol. The molecule has 0 saturated heterocycles. The van der Waals surface area contributed by atoms with Crippen molar-refractivity contribution in [3.8, 4) is 17.2 Å². The average molecular weight is 241 g/mol. The lowest BCUT2D eigenvalue weighted by atomic mass is 10.1. The zero-order chi connectivity index (χ0) is 13.0. The highest BCUT2D eigenvalue weighted by Crippen LogP contribution is 2.39. The van der Waals surface area contributed by atoms with Crippen LogP contribution in [0, 0.1) is 0 Å². The van der Waals surface area contributed by atoms with E-state index in [9.17, 15) is 9.90 Å². The summed E-state index contributed by atoms with van der Waals surface area (Å²) in [4.78, 5) is 10.8. The van der Waals surface area contributed by atoms with Crippen molar-refractivity contribution in [1.29, 1.82) is 0 Å². The van der Waals surface area contributed by atoms with E-state index in [1.54, 1.807) is 0 Å². The quantitative estimate of drug-likeness (QED) is 0.694. The Morgan fingerprint density at radius 1 is 1.18 bits per heavy atom. The van der Waals surface area contributed by atoms with Crippen molar-refractivity contribution in [2.75, 3.05) is 21.3 Å². The van der Waals surface area contributed by atoms with Crippen LogP contribution in [0.3, 0.4) is 0 Å². The highest BCUT2D eigenvalue weighted by molar-refractivity contribution is 5.72. The summed E-state index contributed by atoms with van der Waals surface area (Å²) in [7, 11) is 4.39. The van der Waals surface area contributed by atoms with E-state index in [0.717, 1.165) is 0 Å². The molecule has 6 nitrogen and oxygen atoms in total. The summed E-state index contributed by atoms with van der Waals surface area (Å²) >= 11 is 0. The monoisotopic (exact) mass is 241 g/mol. The lowest BCUT2D eigenvalue weighted by Gasteiger charge is -2.16. The number of methoxy groups -OCH3 is 3. The minimum absolute atomic E-state index is 0.386. The van der Waals surface area contributed by atoms with Gasteiger partial charge in [-0.3, -0.25) is 0 Å². The summed E-state index contributed by atoms with van der Waals surface area (Å²) in [6.45, 7) is 0. The minimum Gasteiger partial charge on any atom is -0.544 e. The van der Waals surface area contributed by atoms with E-state index in [0.29, 0.717) is 22.8 Å². The van der Waals surface area contributed by atoms with Gasteiger partial charge in [-0.2, -0.15) is 0 Å². The second kappa shape index (κ2) is 5.40. The van der Waals surface area contributed by atoms with E-state index in [2.05, 4.69) is 5.73 Å². The topological polar surface area (TPSA) is 95.5 Å². The molecule has 0 aliphatic rings. The third kappa shape index (κ3) is 2.59. The van der Waals surface area contributed by atoms with Gasteiger partial charge in [0, 0.05) is 5.56 Å². The smallest absolute Gasteiger partial charge is 0.203 e. The number of carboxylic acids is 1. The first kappa shape index (κ1) is 13.1. The van der Waals surface area contributed by atoms with Crippen molar-refractivity contribution in [2.45, 2.75) is 6.04 Å². The second-order valence-electron chi connectivity index (χ2n) is 3.33. The lowest BCUT2D eigenvalue weighted by molar-refractivity contribution is -0.443. The largest absolute Gasteiger partial charge is 0.544 e. The number of benzene rings is 1. The molecule has 0 aliphatic heterocycles. The maximum Gasteiger partial charge on any atom is 0.203 e. The molecule has 1 aromatic rings. The molecule has 1 atom stereocenters. The Balaban J connectivity index is 3.31. The number of ether oxygens (including phenoxy) is 3. The Labute approximate surface area is 98.9 Å². The van der Waals surface area contributed by atoms with E-state index in [-0.39, 0.29) is 0 Å². The number of quaternary nitrogens is 1. The summed E-state index contributed by atoms with van der Waals surface area (Å²) in [5.74, 6) is -0.0860. The fourth-order valence-electron chi connectivity index (χ4n) is 1.44. The summed E-state index contributed by atoms with van der Waals surface area (Å²) in [6, 6.07) is 2.08. The van der Waals surface area contributed by atoms with Crippen molar-refractivity contribution < 1.29 is 29.8 Å². The molecule has 0 heterocycles. The molecule has 17 heavy (non-hydrogen) atoms. The van der Waals surface area contributed by atoms with E-state index in [1.807, 2.05) is 0 Å². The van der Waals surface area contributed by atoms with Gasteiger partial charge in [0.2, 0.25) is 5.75 Å². The van der Waals surface area contributed by atoms with Crippen molar-refractivity contribution in [2.24, 2.45) is 0 Å². The summed E-state index contributed by atoms with van der Waals surface area (Å²) in [6.07, 6.45) is 0. The molecule has 0 saturated carbocycles. The number of carbonyl (C=O) groups is 1. The van der Waals surface area contributed by atoms with E-state index in [1.165, 1.54) is 33.5 Å². The van der Waals surface area contributed by atoms with Gasteiger partial charge in [-0.1, -0.05) is 0 Å². The van der Waals surface area contributed by atoms with Gasteiger partial charge < -0.3 is 29.8 Å². The zero-order valence-electron chi connectivity index (χ0n) is 9.98. The van der Waals surface area contributed by atoms with E-state index < -0.39 is 12.0 Å². The zero-order valence-corrected chi connectivity index (χ0v) is 9.98. The number of carboxylic acid groups (broad SMARTS) is 1. The number of aliphatic carboxylic acids is 1. The van der Waals surface area contributed by atoms with Crippen LogP contribution in [-0.4, -0.2) is 27.3 Å². The summed E-state index contributed by atoms with van der Waals surface area (Å²) in [5.41, 5.74) is 3.93. The van der Waals surface area contributed by atoms with Crippen LogP contribution >= 0.6 is 0 Å². The Kier molecular flexibility index (Phi) is 4.17.